The van der Waals surface area contributed by atoms with E-state index in [-0.39, 0.29) is 5.91 Å². The van der Waals surface area contributed by atoms with Crippen molar-refractivity contribution in [3.05, 3.63) is 59.7 Å². The summed E-state index contributed by atoms with van der Waals surface area (Å²) in [7, 11) is 3.21. The highest BCUT2D eigenvalue weighted by atomic mass is 35.5. The van der Waals surface area contributed by atoms with Crippen LogP contribution in [0.25, 0.3) is 0 Å². The number of benzene rings is 2. The first-order valence-electron chi connectivity index (χ1n) is 6.82. The molecule has 4 nitrogen and oxygen atoms in total. The fourth-order valence-corrected chi connectivity index (χ4v) is 2.17. The number of carbonyl (C=O) groups is 1. The predicted octanol–water partition coefficient (Wildman–Crippen LogP) is 3.30. The van der Waals surface area contributed by atoms with E-state index in [0.29, 0.717) is 6.54 Å². The zero-order valence-corrected chi connectivity index (χ0v) is 13.3. The topological polar surface area (TPSA) is 47.6 Å². The minimum absolute atomic E-state index is 0.234. The lowest BCUT2D eigenvalue weighted by Crippen LogP contribution is -2.26. The molecule has 1 N–H and O–H groups in total. The van der Waals surface area contributed by atoms with E-state index < -0.39 is 5.38 Å². The van der Waals surface area contributed by atoms with Crippen molar-refractivity contribution in [2.24, 2.45) is 0 Å². The largest absolute Gasteiger partial charge is 0.497 e. The van der Waals surface area contributed by atoms with Gasteiger partial charge in [-0.1, -0.05) is 24.3 Å². The van der Waals surface area contributed by atoms with Gasteiger partial charge < -0.3 is 14.8 Å². The van der Waals surface area contributed by atoms with Crippen molar-refractivity contribution in [3.8, 4) is 11.5 Å². The van der Waals surface area contributed by atoms with Crippen molar-refractivity contribution in [1.82, 2.24) is 5.32 Å². The highest BCUT2D eigenvalue weighted by Gasteiger charge is 2.17. The fraction of sp³-hybridized carbons (Fsp3) is 0.235. The van der Waals surface area contributed by atoms with Crippen LogP contribution >= 0.6 is 11.6 Å². The molecule has 1 amide bonds. The second-order valence-electron chi connectivity index (χ2n) is 4.70. The molecule has 0 aliphatic heterocycles. The number of hydrogen-bond donors (Lipinski definition) is 1. The van der Waals surface area contributed by atoms with E-state index >= 15 is 0 Å². The van der Waals surface area contributed by atoms with Gasteiger partial charge in [0, 0.05) is 6.54 Å². The zero-order chi connectivity index (χ0) is 15.9. The van der Waals surface area contributed by atoms with E-state index in [1.807, 2.05) is 24.3 Å². The smallest absolute Gasteiger partial charge is 0.242 e. The van der Waals surface area contributed by atoms with Gasteiger partial charge in [-0.2, -0.15) is 0 Å². The van der Waals surface area contributed by atoms with Gasteiger partial charge in [-0.25, -0.2) is 0 Å². The van der Waals surface area contributed by atoms with Crippen LogP contribution in [0.5, 0.6) is 11.5 Å². The van der Waals surface area contributed by atoms with Gasteiger partial charge >= 0.3 is 0 Å². The number of hydrogen-bond acceptors (Lipinski definition) is 3. The van der Waals surface area contributed by atoms with E-state index in [0.717, 1.165) is 22.6 Å². The van der Waals surface area contributed by atoms with E-state index in [1.54, 1.807) is 38.5 Å². The number of rotatable bonds is 6. The van der Waals surface area contributed by atoms with Crippen LogP contribution < -0.4 is 14.8 Å². The first-order valence-corrected chi connectivity index (χ1v) is 7.26. The lowest BCUT2D eigenvalue weighted by molar-refractivity contribution is -0.121. The molecule has 0 aliphatic rings. The van der Waals surface area contributed by atoms with E-state index in [1.165, 1.54) is 0 Å². The summed E-state index contributed by atoms with van der Waals surface area (Å²) in [4.78, 5) is 12.1. The van der Waals surface area contributed by atoms with Crippen molar-refractivity contribution in [3.63, 3.8) is 0 Å². The highest BCUT2D eigenvalue weighted by Crippen LogP contribution is 2.23. The summed E-state index contributed by atoms with van der Waals surface area (Å²) in [5.74, 6) is 1.28. The van der Waals surface area contributed by atoms with Crippen LogP contribution in [0.2, 0.25) is 0 Å². The summed E-state index contributed by atoms with van der Waals surface area (Å²) in [6.07, 6.45) is 0. The molecule has 0 radical (unpaired) electrons. The maximum absolute atomic E-state index is 12.1. The molecule has 0 saturated carbocycles. The maximum atomic E-state index is 12.1. The molecule has 1 atom stereocenters. The van der Waals surface area contributed by atoms with Crippen LogP contribution in [-0.4, -0.2) is 20.1 Å². The average Bonchev–Trinajstić information content (AvgIpc) is 2.59. The standard InChI is InChI=1S/C17H18ClNO3/c1-21-14-7-3-12(4-8-14)11-19-17(20)16(18)13-5-9-15(22-2)10-6-13/h3-10,16H,11H2,1-2H3,(H,19,20). The van der Waals surface area contributed by atoms with E-state index in [4.69, 9.17) is 21.1 Å². The van der Waals surface area contributed by atoms with Gasteiger partial charge in [0.2, 0.25) is 5.91 Å². The maximum Gasteiger partial charge on any atom is 0.242 e. The van der Waals surface area contributed by atoms with Crippen LogP contribution in [-0.2, 0) is 11.3 Å². The monoisotopic (exact) mass is 319 g/mol. The van der Waals surface area contributed by atoms with Gasteiger partial charge in [0.1, 0.15) is 16.9 Å². The number of nitrogens with one attached hydrogen (secondary N) is 1. The molecule has 2 rings (SSSR count). The van der Waals surface area contributed by atoms with Gasteiger partial charge in [0.25, 0.3) is 0 Å². The number of alkyl halides is 1. The number of amides is 1. The Balaban J connectivity index is 1.92. The molecule has 0 fully saturated rings. The van der Waals surface area contributed by atoms with E-state index in [2.05, 4.69) is 5.32 Å². The lowest BCUT2D eigenvalue weighted by atomic mass is 10.1. The predicted molar refractivity (Wildman–Crippen MR) is 86.4 cm³/mol. The SMILES string of the molecule is COc1ccc(CNC(=O)C(Cl)c2ccc(OC)cc2)cc1. The second kappa shape index (κ2) is 7.71. The van der Waals surface area contributed by atoms with E-state index in [9.17, 15) is 4.79 Å². The molecule has 22 heavy (non-hydrogen) atoms. The Morgan fingerprint density at radius 1 is 1.00 bits per heavy atom. The van der Waals surface area contributed by atoms with Crippen molar-refractivity contribution in [1.29, 1.82) is 0 Å². The summed E-state index contributed by atoms with van der Waals surface area (Å²) in [5.41, 5.74) is 1.71. The first kappa shape index (κ1) is 16.2. The Morgan fingerprint density at radius 3 is 2.00 bits per heavy atom. The minimum Gasteiger partial charge on any atom is -0.497 e. The Labute approximate surface area is 135 Å². The van der Waals surface area contributed by atoms with Crippen LogP contribution in [0.4, 0.5) is 0 Å². The van der Waals surface area contributed by atoms with Crippen molar-refractivity contribution >= 4 is 17.5 Å². The summed E-state index contributed by atoms with van der Waals surface area (Å²) in [6.45, 7) is 0.419. The van der Waals surface area contributed by atoms with Gasteiger partial charge in [-0.3, -0.25) is 4.79 Å². The lowest BCUT2D eigenvalue weighted by Gasteiger charge is -2.12. The Hall–Kier alpha value is -2.20. The van der Waals surface area contributed by atoms with Crippen molar-refractivity contribution in [2.45, 2.75) is 11.9 Å². The summed E-state index contributed by atoms with van der Waals surface area (Å²) >= 11 is 6.19. The Morgan fingerprint density at radius 2 is 1.50 bits per heavy atom. The molecule has 2 aromatic carbocycles. The minimum atomic E-state index is -0.732. The number of carbonyl (C=O) groups excluding carboxylic acids is 1. The molecule has 0 saturated heterocycles. The molecule has 2 aromatic rings. The number of ether oxygens (including phenoxy) is 2. The molecule has 0 heterocycles. The second-order valence-corrected chi connectivity index (χ2v) is 5.14. The van der Waals surface area contributed by atoms with Crippen LogP contribution in [0.3, 0.4) is 0 Å². The fourth-order valence-electron chi connectivity index (χ4n) is 1.95. The molecule has 0 bridgehead atoms. The quantitative estimate of drug-likeness (QED) is 0.831. The van der Waals surface area contributed by atoms with Gasteiger partial charge in [-0.05, 0) is 35.4 Å². The number of halogens is 1. The Kier molecular flexibility index (Phi) is 5.67. The van der Waals surface area contributed by atoms with Gasteiger partial charge in [0.15, 0.2) is 0 Å². The first-order chi connectivity index (χ1) is 10.6. The summed E-state index contributed by atoms with van der Waals surface area (Å²) < 4.78 is 10.2. The zero-order valence-electron chi connectivity index (χ0n) is 12.5. The molecular formula is C17H18ClNO3. The third-order valence-electron chi connectivity index (χ3n) is 3.26. The third-order valence-corrected chi connectivity index (χ3v) is 3.71. The Bertz CT molecular complexity index is 611. The van der Waals surface area contributed by atoms with Crippen molar-refractivity contribution < 1.29 is 14.3 Å². The van der Waals surface area contributed by atoms with Gasteiger partial charge in [-0.15, -0.1) is 11.6 Å². The van der Waals surface area contributed by atoms with Crippen LogP contribution in [0.1, 0.15) is 16.5 Å². The number of methoxy groups -OCH3 is 2. The molecular weight excluding hydrogens is 302 g/mol. The molecule has 0 aromatic heterocycles. The van der Waals surface area contributed by atoms with Crippen LogP contribution in [0, 0.1) is 0 Å². The highest BCUT2D eigenvalue weighted by molar-refractivity contribution is 6.30. The summed E-state index contributed by atoms with van der Waals surface area (Å²) in [6, 6.07) is 14.6. The normalized spacial score (nSPS) is 11.6. The van der Waals surface area contributed by atoms with Gasteiger partial charge in [0.05, 0.1) is 14.2 Å². The third kappa shape index (κ3) is 4.15. The summed E-state index contributed by atoms with van der Waals surface area (Å²) in [5, 5.41) is 2.09. The van der Waals surface area contributed by atoms with Crippen LogP contribution in [0.15, 0.2) is 48.5 Å². The molecule has 0 spiro atoms. The molecule has 1 unspecified atom stereocenters. The molecule has 5 heteroatoms. The molecule has 116 valence electrons. The van der Waals surface area contributed by atoms with Crippen molar-refractivity contribution in [2.75, 3.05) is 14.2 Å². The average molecular weight is 320 g/mol. The molecule has 0 aliphatic carbocycles.